The maximum atomic E-state index is 10.8. The van der Waals surface area contributed by atoms with Gasteiger partial charge in [0.1, 0.15) is 0 Å². The topological polar surface area (TPSA) is 50.2 Å². The first-order valence-corrected chi connectivity index (χ1v) is 6.42. The second-order valence-electron chi connectivity index (χ2n) is 3.84. The second kappa shape index (κ2) is 5.78. The van der Waals surface area contributed by atoms with E-state index in [9.17, 15) is 4.79 Å². The largest absolute Gasteiger partial charge is 0.481 e. The molecule has 1 aromatic heterocycles. The Labute approximate surface area is 124 Å². The quantitative estimate of drug-likeness (QED) is 0.916. The van der Waals surface area contributed by atoms with Gasteiger partial charge in [-0.05, 0) is 18.2 Å². The van der Waals surface area contributed by atoms with Gasteiger partial charge in [-0.1, -0.05) is 40.9 Å². The van der Waals surface area contributed by atoms with Crippen LogP contribution in [0.1, 0.15) is 5.69 Å². The minimum atomic E-state index is -0.971. The molecule has 6 heteroatoms. The third-order valence-corrected chi connectivity index (χ3v) is 3.23. The standard InChI is InChI=1S/C13H8Cl3NO2/c14-7-1-2-9(11(16)4-7)10-3-8(15)6-17-12(10)5-13(18)19/h1-4,6H,5H2,(H,18,19). The number of rotatable bonds is 3. The van der Waals surface area contributed by atoms with Crippen molar-refractivity contribution >= 4 is 40.8 Å². The van der Waals surface area contributed by atoms with Crippen molar-refractivity contribution in [1.82, 2.24) is 4.98 Å². The van der Waals surface area contributed by atoms with E-state index in [4.69, 9.17) is 39.9 Å². The summed E-state index contributed by atoms with van der Waals surface area (Å²) < 4.78 is 0. The van der Waals surface area contributed by atoms with Crippen LogP contribution in [0.4, 0.5) is 0 Å². The Balaban J connectivity index is 2.59. The first-order chi connectivity index (χ1) is 8.97. The van der Waals surface area contributed by atoms with Crippen molar-refractivity contribution in [3.05, 3.63) is 51.2 Å². The summed E-state index contributed by atoms with van der Waals surface area (Å²) in [4.78, 5) is 14.9. The highest BCUT2D eigenvalue weighted by atomic mass is 35.5. The fourth-order valence-corrected chi connectivity index (χ4v) is 2.36. The maximum Gasteiger partial charge on any atom is 0.309 e. The number of pyridine rings is 1. The number of aromatic nitrogens is 1. The monoisotopic (exact) mass is 315 g/mol. The second-order valence-corrected chi connectivity index (χ2v) is 5.12. The highest BCUT2D eigenvalue weighted by Crippen LogP contribution is 2.33. The molecule has 0 aliphatic heterocycles. The molecule has 1 heterocycles. The molecule has 0 radical (unpaired) electrons. The Morgan fingerprint density at radius 2 is 1.84 bits per heavy atom. The first kappa shape index (κ1) is 14.1. The van der Waals surface area contributed by atoms with Crippen molar-refractivity contribution in [3.8, 4) is 11.1 Å². The SMILES string of the molecule is O=C(O)Cc1ncc(Cl)cc1-c1ccc(Cl)cc1Cl. The molecule has 1 aromatic carbocycles. The van der Waals surface area contributed by atoms with Crippen molar-refractivity contribution in [2.45, 2.75) is 6.42 Å². The molecule has 2 rings (SSSR count). The summed E-state index contributed by atoms with van der Waals surface area (Å²) >= 11 is 17.9. The van der Waals surface area contributed by atoms with Crippen molar-refractivity contribution in [1.29, 1.82) is 0 Å². The highest BCUT2D eigenvalue weighted by molar-refractivity contribution is 6.36. The van der Waals surface area contributed by atoms with E-state index in [1.807, 2.05) is 0 Å². The van der Waals surface area contributed by atoms with Gasteiger partial charge in [0.15, 0.2) is 0 Å². The van der Waals surface area contributed by atoms with E-state index in [1.54, 1.807) is 24.3 Å². The third kappa shape index (κ3) is 3.38. The van der Waals surface area contributed by atoms with Crippen LogP contribution in [0.25, 0.3) is 11.1 Å². The van der Waals surface area contributed by atoms with Gasteiger partial charge in [-0.25, -0.2) is 0 Å². The number of halogens is 3. The van der Waals surface area contributed by atoms with Crippen LogP contribution < -0.4 is 0 Å². The molecule has 0 saturated carbocycles. The van der Waals surface area contributed by atoms with E-state index >= 15 is 0 Å². The van der Waals surface area contributed by atoms with Crippen molar-refractivity contribution in [3.63, 3.8) is 0 Å². The zero-order valence-electron chi connectivity index (χ0n) is 9.53. The van der Waals surface area contributed by atoms with Crippen LogP contribution in [0.15, 0.2) is 30.5 Å². The van der Waals surface area contributed by atoms with E-state index in [0.29, 0.717) is 31.9 Å². The molecule has 0 amide bonds. The summed E-state index contributed by atoms with van der Waals surface area (Å²) in [5, 5.41) is 10.2. The van der Waals surface area contributed by atoms with Gasteiger partial charge < -0.3 is 5.11 Å². The number of carboxylic acids is 1. The fourth-order valence-electron chi connectivity index (χ4n) is 1.69. The van der Waals surface area contributed by atoms with Crippen LogP contribution in [0.3, 0.4) is 0 Å². The molecule has 0 bridgehead atoms. The molecule has 0 atom stereocenters. The molecule has 3 nitrogen and oxygen atoms in total. The lowest BCUT2D eigenvalue weighted by molar-refractivity contribution is -0.136. The van der Waals surface area contributed by atoms with Crippen molar-refractivity contribution in [2.75, 3.05) is 0 Å². The van der Waals surface area contributed by atoms with Crippen LogP contribution in [0.2, 0.25) is 15.1 Å². The Morgan fingerprint density at radius 1 is 1.11 bits per heavy atom. The molecule has 0 aliphatic carbocycles. The Bertz CT molecular complexity index is 644. The lowest BCUT2D eigenvalue weighted by Crippen LogP contribution is -2.04. The molecular weight excluding hydrogens is 309 g/mol. The number of nitrogens with zero attached hydrogens (tertiary/aromatic N) is 1. The van der Waals surface area contributed by atoms with Crippen LogP contribution >= 0.6 is 34.8 Å². The van der Waals surface area contributed by atoms with Gasteiger partial charge in [0.2, 0.25) is 0 Å². The zero-order chi connectivity index (χ0) is 14.0. The number of carbonyl (C=O) groups is 1. The summed E-state index contributed by atoms with van der Waals surface area (Å²) in [5.41, 5.74) is 1.65. The average Bonchev–Trinajstić information content (AvgIpc) is 2.31. The van der Waals surface area contributed by atoms with E-state index in [1.165, 1.54) is 6.20 Å². The molecule has 1 N–H and O–H groups in total. The van der Waals surface area contributed by atoms with Crippen LogP contribution in [-0.4, -0.2) is 16.1 Å². The minimum absolute atomic E-state index is 0.203. The maximum absolute atomic E-state index is 10.8. The Hall–Kier alpha value is -1.29. The molecule has 0 fully saturated rings. The van der Waals surface area contributed by atoms with Crippen molar-refractivity contribution < 1.29 is 9.90 Å². The van der Waals surface area contributed by atoms with Crippen LogP contribution in [0, 0.1) is 0 Å². The number of hydrogen-bond donors (Lipinski definition) is 1. The van der Waals surface area contributed by atoms with E-state index < -0.39 is 5.97 Å². The predicted molar refractivity (Wildman–Crippen MR) is 76.0 cm³/mol. The Kier molecular flexibility index (Phi) is 4.30. The lowest BCUT2D eigenvalue weighted by atomic mass is 10.0. The molecule has 0 unspecified atom stereocenters. The summed E-state index contributed by atoms with van der Waals surface area (Å²) in [5.74, 6) is -0.971. The van der Waals surface area contributed by atoms with Crippen molar-refractivity contribution in [2.24, 2.45) is 0 Å². The van der Waals surface area contributed by atoms with Crippen LogP contribution in [0.5, 0.6) is 0 Å². The fraction of sp³-hybridized carbons (Fsp3) is 0.0769. The summed E-state index contributed by atoms with van der Waals surface area (Å²) in [7, 11) is 0. The number of hydrogen-bond acceptors (Lipinski definition) is 2. The smallest absolute Gasteiger partial charge is 0.309 e. The number of benzene rings is 1. The molecule has 0 saturated heterocycles. The van der Waals surface area contributed by atoms with Gasteiger partial charge >= 0.3 is 5.97 Å². The number of aliphatic carboxylic acids is 1. The zero-order valence-corrected chi connectivity index (χ0v) is 11.8. The molecule has 0 aliphatic rings. The summed E-state index contributed by atoms with van der Waals surface area (Å²) in [6.45, 7) is 0. The predicted octanol–water partition coefficient (Wildman–Crippen LogP) is 4.34. The minimum Gasteiger partial charge on any atom is -0.481 e. The average molecular weight is 317 g/mol. The van der Waals surface area contributed by atoms with Gasteiger partial charge in [-0.3, -0.25) is 9.78 Å². The van der Waals surface area contributed by atoms with Gasteiger partial charge in [0.05, 0.1) is 17.1 Å². The summed E-state index contributed by atoms with van der Waals surface area (Å²) in [6, 6.07) is 6.61. The molecule has 98 valence electrons. The normalized spacial score (nSPS) is 10.5. The van der Waals surface area contributed by atoms with E-state index in [0.717, 1.165) is 0 Å². The first-order valence-electron chi connectivity index (χ1n) is 5.29. The van der Waals surface area contributed by atoms with E-state index in [-0.39, 0.29) is 6.42 Å². The molecular formula is C13H8Cl3NO2. The molecule has 19 heavy (non-hydrogen) atoms. The molecule has 2 aromatic rings. The van der Waals surface area contributed by atoms with E-state index in [2.05, 4.69) is 4.98 Å². The number of carboxylic acid groups (broad SMARTS) is 1. The summed E-state index contributed by atoms with van der Waals surface area (Å²) in [6.07, 6.45) is 1.21. The molecule has 0 spiro atoms. The van der Waals surface area contributed by atoms with Gasteiger partial charge in [0, 0.05) is 27.4 Å². The van der Waals surface area contributed by atoms with Gasteiger partial charge in [-0.15, -0.1) is 0 Å². The third-order valence-electron chi connectivity index (χ3n) is 2.48. The van der Waals surface area contributed by atoms with Crippen LogP contribution in [-0.2, 0) is 11.2 Å². The highest BCUT2D eigenvalue weighted by Gasteiger charge is 2.13. The Morgan fingerprint density at radius 3 is 2.47 bits per heavy atom. The lowest BCUT2D eigenvalue weighted by Gasteiger charge is -2.10. The van der Waals surface area contributed by atoms with Gasteiger partial charge in [-0.2, -0.15) is 0 Å². The van der Waals surface area contributed by atoms with Gasteiger partial charge in [0.25, 0.3) is 0 Å².